The van der Waals surface area contributed by atoms with E-state index >= 15 is 0 Å². The average Bonchev–Trinajstić information content (AvgIpc) is 0.847. The van der Waals surface area contributed by atoms with Crippen LogP contribution in [-0.4, -0.2) is 185 Å². The molecular weight excluding hydrogens is 1680 g/mol. The fraction of sp³-hybridized carbons (Fsp3) is 0.387. The molecule has 3 saturated heterocycles. The van der Waals surface area contributed by atoms with Gasteiger partial charge in [0.25, 0.3) is 23.6 Å². The second-order valence-corrected chi connectivity index (χ2v) is 34.8. The van der Waals surface area contributed by atoms with Gasteiger partial charge in [0, 0.05) is 119 Å². The van der Waals surface area contributed by atoms with Crippen LogP contribution in [0.25, 0.3) is 44.5 Å². The second-order valence-electron chi connectivity index (χ2n) is 34.8. The van der Waals surface area contributed by atoms with Gasteiger partial charge in [-0.05, 0) is 232 Å². The first-order valence-electron chi connectivity index (χ1n) is 45.8. The second kappa shape index (κ2) is 51.9. The summed E-state index contributed by atoms with van der Waals surface area (Å²) in [7, 11) is 7.21. The van der Waals surface area contributed by atoms with E-state index in [0.717, 1.165) is 152 Å². The number of methoxy groups -OCH3 is 4. The zero-order chi connectivity index (χ0) is 96.2. The Balaban J connectivity index is 0.000000199. The molecule has 11 atom stereocenters. The maximum absolute atomic E-state index is 13.0. The van der Waals surface area contributed by atoms with Crippen molar-refractivity contribution in [2.24, 2.45) is 80.8 Å². The number of hydrogen-bond donors (Lipinski definition) is 10. The average molecular weight is 1810 g/mol. The van der Waals surface area contributed by atoms with Crippen molar-refractivity contribution in [2.45, 2.75) is 136 Å². The number of rotatable bonds is 33. The van der Waals surface area contributed by atoms with Gasteiger partial charge in [0.15, 0.2) is 5.96 Å². The van der Waals surface area contributed by atoms with E-state index in [1.165, 1.54) is 28.4 Å². The van der Waals surface area contributed by atoms with Gasteiger partial charge >= 0.3 is 23.9 Å². The predicted octanol–water partition coefficient (Wildman–Crippen LogP) is 13.5. The molecule has 0 saturated carbocycles. The van der Waals surface area contributed by atoms with Crippen molar-refractivity contribution >= 4 is 53.5 Å². The van der Waals surface area contributed by atoms with Crippen LogP contribution in [0.2, 0.25) is 0 Å². The van der Waals surface area contributed by atoms with Crippen molar-refractivity contribution in [3.05, 3.63) is 288 Å². The van der Waals surface area contributed by atoms with Crippen LogP contribution >= 0.6 is 0 Å². The van der Waals surface area contributed by atoms with Crippen molar-refractivity contribution in [2.75, 3.05) is 87.8 Å². The van der Waals surface area contributed by atoms with Crippen LogP contribution in [0.1, 0.15) is 151 Å². The fourth-order valence-electron chi connectivity index (χ4n) is 17.6. The van der Waals surface area contributed by atoms with Gasteiger partial charge in [-0.15, -0.1) is 0 Å². The fourth-order valence-corrected chi connectivity index (χ4v) is 17.6. The molecule has 4 unspecified atom stereocenters. The highest BCUT2D eigenvalue weighted by atomic mass is 16.5. The van der Waals surface area contributed by atoms with Gasteiger partial charge in [-0.2, -0.15) is 0 Å². The van der Waals surface area contributed by atoms with E-state index in [0.29, 0.717) is 91.0 Å². The molecular formula is C106H137N15O12. The highest BCUT2D eigenvalue weighted by molar-refractivity contribution is 5.98. The lowest BCUT2D eigenvalue weighted by atomic mass is 9.85. The number of guanidine groups is 1. The van der Waals surface area contributed by atoms with Crippen LogP contribution in [-0.2, 0) is 51.2 Å². The third kappa shape index (κ3) is 30.8. The number of nitrogens with zero attached hydrogens (tertiary/aromatic N) is 5. The number of nitrogens with one attached hydrogen (secondary N) is 4. The smallest absolute Gasteiger partial charge is 0.311 e. The van der Waals surface area contributed by atoms with E-state index in [1.807, 2.05) is 202 Å². The molecule has 16 N–H and O–H groups in total. The summed E-state index contributed by atoms with van der Waals surface area (Å²) in [6.07, 6.45) is 11.3. The molecule has 0 bridgehead atoms. The molecule has 3 fully saturated rings. The first-order valence-corrected chi connectivity index (χ1v) is 45.8. The first-order chi connectivity index (χ1) is 63.9. The zero-order valence-corrected chi connectivity index (χ0v) is 78.6. The minimum atomic E-state index is -0.496. The molecule has 4 aliphatic rings. The number of aliphatic imine (C=N–C) groups is 1. The highest BCUT2D eigenvalue weighted by Crippen LogP contribution is 2.33. The van der Waals surface area contributed by atoms with Crippen LogP contribution in [0.4, 0.5) is 0 Å². The monoisotopic (exact) mass is 1810 g/mol. The first kappa shape index (κ1) is 103. The van der Waals surface area contributed by atoms with Crippen LogP contribution in [0.3, 0.4) is 0 Å². The molecule has 0 radical (unpaired) electrons. The molecule has 4 amide bonds. The quantitative estimate of drug-likeness (QED) is 0.00600. The number of benzene rings is 8. The van der Waals surface area contributed by atoms with Crippen LogP contribution in [0.5, 0.6) is 0 Å². The molecule has 12 rings (SSSR count). The maximum atomic E-state index is 13.0. The SMILES string of the molecule is C=C(N)N1CCC=C(C[C@@H](C(=O)OC)[C@@H](C)NC(=O)c2ccc(-c3ccccc3)cc2)C1.C=C(N)N1CCCC(C[C@@H](C(=O)OC)[C@@H](C)NC(=O)c2ccc(-c3cccc(CN)c3)cc2)C1.C=C(N)N1CCCC(C[C@@H](C(=O)OC)[C@@H](C)NC(=O)c2ccc(-c3ccccc3)cc2)C1.CN=C(N)N1CCCC(CC(C(=O)OC)[C@@H](C)NC(=O)c2ccc(-c3cccc(CN)c3)cc2)C1. The number of carbonyl (C=O) groups excluding carboxylic acids is 8. The van der Waals surface area contributed by atoms with Crippen molar-refractivity contribution in [1.29, 1.82) is 0 Å². The van der Waals surface area contributed by atoms with Gasteiger partial charge in [0.2, 0.25) is 0 Å². The Hall–Kier alpha value is -13.5. The minimum Gasteiger partial charge on any atom is -0.469 e. The largest absolute Gasteiger partial charge is 0.469 e. The Kier molecular flexibility index (Phi) is 40.3. The van der Waals surface area contributed by atoms with Gasteiger partial charge < -0.3 is 94.2 Å². The summed E-state index contributed by atoms with van der Waals surface area (Å²) < 4.78 is 20.2. The molecule has 27 heteroatoms. The van der Waals surface area contributed by atoms with Crippen molar-refractivity contribution < 1.29 is 57.3 Å². The number of carbonyl (C=O) groups is 8. The lowest BCUT2D eigenvalue weighted by Gasteiger charge is -2.36. The number of piperidine rings is 3. The topological polar surface area (TPSA) is 403 Å². The number of nitrogens with two attached hydrogens (primary N) is 6. The van der Waals surface area contributed by atoms with Crippen molar-refractivity contribution in [3.63, 3.8) is 0 Å². The van der Waals surface area contributed by atoms with Gasteiger partial charge in [0.05, 0.1) is 69.6 Å². The van der Waals surface area contributed by atoms with E-state index in [2.05, 4.69) is 66.8 Å². The zero-order valence-electron chi connectivity index (χ0n) is 78.6. The van der Waals surface area contributed by atoms with Gasteiger partial charge in [0.1, 0.15) is 0 Å². The van der Waals surface area contributed by atoms with Crippen molar-refractivity contribution in [3.8, 4) is 44.5 Å². The van der Waals surface area contributed by atoms with Gasteiger partial charge in [-0.3, -0.25) is 43.3 Å². The Labute approximate surface area is 784 Å². The van der Waals surface area contributed by atoms with Gasteiger partial charge in [-0.25, -0.2) is 0 Å². The summed E-state index contributed by atoms with van der Waals surface area (Å²) in [4.78, 5) is 114. The molecule has 133 heavy (non-hydrogen) atoms. The molecule has 0 spiro atoms. The van der Waals surface area contributed by atoms with Crippen LogP contribution in [0, 0.1) is 41.4 Å². The number of ether oxygens (including phenoxy) is 4. The van der Waals surface area contributed by atoms with Crippen LogP contribution in [0.15, 0.2) is 260 Å². The summed E-state index contributed by atoms with van der Waals surface area (Å²) in [5.74, 6) is -0.981. The molecule has 0 aromatic heterocycles. The molecule has 8 aromatic carbocycles. The number of amides is 4. The van der Waals surface area contributed by atoms with E-state index < -0.39 is 29.7 Å². The van der Waals surface area contributed by atoms with E-state index in [-0.39, 0.29) is 83.4 Å². The number of esters is 4. The van der Waals surface area contributed by atoms with Crippen molar-refractivity contribution in [1.82, 2.24) is 40.9 Å². The summed E-state index contributed by atoms with van der Waals surface area (Å²) >= 11 is 0. The van der Waals surface area contributed by atoms with E-state index in [1.54, 1.807) is 43.4 Å². The standard InChI is InChI=1S/C27H37N5O3.C27H36N4O3.C26H33N3O3.C26H31N3O3/c1-18(24(26(34)35-3)15-20-7-5-13-32(17-20)27(29)30-2)31-25(33)22-11-9-21(10-12-22)23-8-4-6-19(14-23)16-28;1-18(25(27(33)34-3)15-21-7-5-13-31(17-21)19(2)29)30-26(32)23-11-9-22(10-12-23)24-8-4-6-20(14-24)16-28;2*1-18(24(26(31)32-3)16-20-8-7-15-29(17-20)19(2)27)28-25(30)23-13-11-22(12-14-23)21-9-5-4-6-10-21/h4,6,8-12,14,18,20,24H,5,7,13,15-17,28H2,1-3H3,(H2,29,30)(H,31,33);4,6,8-12,14,18,21,25H,2,5,7,13,15-17,28-29H2,1,3H3,(H,30,32);4-6,9-14,18,20,24H,2,7-8,15-17,27H2,1,3H3,(H,28,30);4-6,8-14,18,24H,2,7,15-17,27H2,1,3H3,(H,28,30)/t18-,20?,24?;18-,21?,25-;18-,20?,24-;18-,24-/m1111/s1. The third-order valence-electron chi connectivity index (χ3n) is 25.5. The molecule has 0 aliphatic carbocycles. The Bertz CT molecular complexity index is 5250. The molecule has 708 valence electrons. The maximum Gasteiger partial charge on any atom is 0.311 e. The van der Waals surface area contributed by atoms with Gasteiger partial charge in [-0.1, -0.05) is 177 Å². The summed E-state index contributed by atoms with van der Waals surface area (Å²) in [5, 5.41) is 12.0. The van der Waals surface area contributed by atoms with E-state index in [9.17, 15) is 38.4 Å². The summed E-state index contributed by atoms with van der Waals surface area (Å²) in [5.41, 5.74) is 48.8. The predicted molar refractivity (Wildman–Crippen MR) is 526 cm³/mol. The molecule has 8 aromatic rings. The Morgan fingerprint density at radius 2 is 0.662 bits per heavy atom. The third-order valence-corrected chi connectivity index (χ3v) is 25.5. The normalized spacial score (nSPS) is 17.2. The summed E-state index contributed by atoms with van der Waals surface area (Å²) in [6, 6.07) is 64.3. The number of hydrogen-bond acceptors (Lipinski definition) is 21. The molecule has 4 aliphatic heterocycles. The molecule has 4 heterocycles. The summed E-state index contributed by atoms with van der Waals surface area (Å²) in [6.45, 7) is 26.2. The number of likely N-dealkylation sites (tertiary alicyclic amines) is 3. The molecule has 27 nitrogen and oxygen atoms in total. The lowest BCUT2D eigenvalue weighted by Crippen LogP contribution is -2.47. The lowest BCUT2D eigenvalue weighted by molar-refractivity contribution is -0.148. The highest BCUT2D eigenvalue weighted by Gasteiger charge is 2.37. The minimum absolute atomic E-state index is 0.202. The Morgan fingerprint density at radius 3 is 0.970 bits per heavy atom. The van der Waals surface area contributed by atoms with E-state index in [4.69, 9.17) is 53.3 Å². The Morgan fingerprint density at radius 1 is 0.376 bits per heavy atom. The van der Waals surface area contributed by atoms with Crippen LogP contribution < -0.4 is 55.7 Å².